The van der Waals surface area contributed by atoms with Gasteiger partial charge in [-0.3, -0.25) is 0 Å². The van der Waals surface area contributed by atoms with Gasteiger partial charge in [-0.05, 0) is 50.4 Å². The number of hydrogen-bond acceptors (Lipinski definition) is 4. The van der Waals surface area contributed by atoms with Crippen molar-refractivity contribution in [3.63, 3.8) is 0 Å². The van der Waals surface area contributed by atoms with Gasteiger partial charge in [0.2, 0.25) is 10.0 Å². The zero-order chi connectivity index (χ0) is 14.9. The molecule has 1 saturated heterocycles. The van der Waals surface area contributed by atoms with Crippen molar-refractivity contribution >= 4 is 41.9 Å². The van der Waals surface area contributed by atoms with E-state index < -0.39 is 15.8 Å². The normalized spacial score (nSPS) is 19.1. The largest absolute Gasteiger partial charge is 0.309 e. The number of sulfonamides is 1. The van der Waals surface area contributed by atoms with Crippen LogP contribution in [0.25, 0.3) is 0 Å². The molecular formula is C11H10Br2FN3O2S. The number of nitrogens with zero attached hydrogens (tertiary/aromatic N) is 2. The molecule has 1 aliphatic heterocycles. The average molecular weight is 427 g/mol. The first-order valence-corrected chi connectivity index (χ1v) is 8.72. The zero-order valence-corrected chi connectivity index (χ0v) is 14.1. The fourth-order valence-corrected chi connectivity index (χ4v) is 4.74. The number of halogens is 3. The summed E-state index contributed by atoms with van der Waals surface area (Å²) in [5, 5.41) is 8.75. The van der Waals surface area contributed by atoms with Crippen LogP contribution in [0.3, 0.4) is 0 Å². The van der Waals surface area contributed by atoms with Gasteiger partial charge in [-0.15, -0.1) is 0 Å². The summed E-state index contributed by atoms with van der Waals surface area (Å²) in [5.74, 6) is -0.549. The summed E-state index contributed by atoms with van der Waals surface area (Å²) in [6.45, 7) is 0.869. The Labute approximate surface area is 133 Å². The maximum absolute atomic E-state index is 13.3. The number of hydrogen-bond donors (Lipinski definition) is 1. The molecule has 1 atom stereocenters. The molecule has 0 radical (unpaired) electrons. The molecular weight excluding hydrogens is 417 g/mol. The molecule has 0 spiro atoms. The van der Waals surface area contributed by atoms with Gasteiger partial charge in [0.15, 0.2) is 6.19 Å². The van der Waals surface area contributed by atoms with Gasteiger partial charge in [0.05, 0.1) is 9.37 Å². The third kappa shape index (κ3) is 3.31. The Morgan fingerprint density at radius 1 is 1.40 bits per heavy atom. The van der Waals surface area contributed by atoms with Gasteiger partial charge < -0.3 is 4.90 Å². The molecule has 0 aromatic heterocycles. The van der Waals surface area contributed by atoms with Crippen LogP contribution in [0.4, 0.5) is 4.39 Å². The molecule has 1 heterocycles. The second kappa shape index (κ2) is 5.97. The first-order chi connectivity index (χ1) is 9.33. The van der Waals surface area contributed by atoms with Crippen molar-refractivity contribution in [3.05, 3.63) is 26.9 Å². The van der Waals surface area contributed by atoms with Crippen molar-refractivity contribution < 1.29 is 12.8 Å². The molecule has 1 aromatic rings. The third-order valence-electron chi connectivity index (χ3n) is 2.92. The molecule has 0 amide bonds. The topological polar surface area (TPSA) is 73.2 Å². The highest BCUT2D eigenvalue weighted by Gasteiger charge is 2.28. The predicted octanol–water partition coefficient (Wildman–Crippen LogP) is 2.18. The van der Waals surface area contributed by atoms with E-state index in [1.54, 1.807) is 0 Å². The molecule has 5 nitrogen and oxygen atoms in total. The highest BCUT2D eigenvalue weighted by atomic mass is 79.9. The number of rotatable bonds is 3. The molecule has 20 heavy (non-hydrogen) atoms. The van der Waals surface area contributed by atoms with Crippen LogP contribution in [-0.2, 0) is 10.0 Å². The van der Waals surface area contributed by atoms with Crippen molar-refractivity contribution in [2.24, 2.45) is 0 Å². The molecule has 1 aromatic carbocycles. The molecule has 1 N–H and O–H groups in total. The van der Waals surface area contributed by atoms with Gasteiger partial charge in [-0.25, -0.2) is 17.5 Å². The highest BCUT2D eigenvalue weighted by Crippen LogP contribution is 2.28. The number of benzene rings is 1. The lowest BCUT2D eigenvalue weighted by molar-refractivity contribution is 0.470. The van der Waals surface area contributed by atoms with E-state index in [4.69, 9.17) is 5.26 Å². The van der Waals surface area contributed by atoms with Crippen molar-refractivity contribution in [1.29, 1.82) is 5.26 Å². The molecule has 0 bridgehead atoms. The van der Waals surface area contributed by atoms with Crippen LogP contribution in [-0.4, -0.2) is 32.4 Å². The Morgan fingerprint density at radius 3 is 2.70 bits per heavy atom. The summed E-state index contributed by atoms with van der Waals surface area (Å²) in [6, 6.07) is 1.98. The lowest BCUT2D eigenvalue weighted by Crippen LogP contribution is -2.36. The minimum absolute atomic E-state index is 0.0406. The molecule has 108 valence electrons. The fraction of sp³-hybridized carbons (Fsp3) is 0.364. The summed E-state index contributed by atoms with van der Waals surface area (Å²) >= 11 is 6.02. The second-order valence-electron chi connectivity index (χ2n) is 4.35. The highest BCUT2D eigenvalue weighted by molar-refractivity contribution is 9.11. The Morgan fingerprint density at radius 2 is 2.10 bits per heavy atom. The minimum Gasteiger partial charge on any atom is -0.309 e. The van der Waals surface area contributed by atoms with Crippen molar-refractivity contribution in [1.82, 2.24) is 9.62 Å². The van der Waals surface area contributed by atoms with E-state index in [1.165, 1.54) is 11.0 Å². The molecule has 2 rings (SSSR count). The molecule has 1 aliphatic rings. The van der Waals surface area contributed by atoms with Gasteiger partial charge in [0, 0.05) is 23.6 Å². The van der Waals surface area contributed by atoms with Crippen LogP contribution in [0.5, 0.6) is 0 Å². The average Bonchev–Trinajstić information content (AvgIpc) is 2.80. The number of likely N-dealkylation sites (tertiary alicyclic amines) is 1. The molecule has 0 aliphatic carbocycles. The summed E-state index contributed by atoms with van der Waals surface area (Å²) in [4.78, 5) is 1.45. The zero-order valence-electron chi connectivity index (χ0n) is 10.1. The van der Waals surface area contributed by atoms with Crippen molar-refractivity contribution in [2.45, 2.75) is 17.4 Å². The molecule has 0 unspecified atom stereocenters. The van der Waals surface area contributed by atoms with Gasteiger partial charge in [0.1, 0.15) is 5.82 Å². The number of nitriles is 1. The first kappa shape index (κ1) is 15.7. The minimum atomic E-state index is -3.77. The first-order valence-electron chi connectivity index (χ1n) is 5.65. The third-order valence-corrected chi connectivity index (χ3v) is 6.00. The van der Waals surface area contributed by atoms with E-state index in [0.29, 0.717) is 19.5 Å². The summed E-state index contributed by atoms with van der Waals surface area (Å²) < 4.78 is 40.6. The second-order valence-corrected chi connectivity index (χ2v) is 7.74. The van der Waals surface area contributed by atoms with Crippen LogP contribution in [0.1, 0.15) is 6.42 Å². The molecule has 1 fully saturated rings. The Balaban J connectivity index is 2.24. The standard InChI is InChI=1S/C11H10Br2FN3O2S/c12-8-4-11(9(13)3-10(8)14)20(18,19)16-7-1-2-17(5-7)6-15/h3-4,7,16H,1-2,5H2/t7-/m1/s1. The van der Waals surface area contributed by atoms with Gasteiger partial charge in [0.25, 0.3) is 0 Å². The Hall–Kier alpha value is -0.690. The van der Waals surface area contributed by atoms with E-state index >= 15 is 0 Å². The van der Waals surface area contributed by atoms with E-state index in [-0.39, 0.29) is 19.9 Å². The van der Waals surface area contributed by atoms with E-state index in [1.807, 2.05) is 6.19 Å². The van der Waals surface area contributed by atoms with Gasteiger partial charge in [-0.2, -0.15) is 5.26 Å². The van der Waals surface area contributed by atoms with Crippen LogP contribution in [0.15, 0.2) is 26.0 Å². The van der Waals surface area contributed by atoms with E-state index in [2.05, 4.69) is 36.6 Å². The SMILES string of the molecule is N#CN1CC[C@@H](NS(=O)(=O)c2cc(Br)c(F)cc2Br)C1. The number of nitrogens with one attached hydrogen (secondary N) is 1. The Bertz CT molecular complexity index is 675. The molecule has 0 saturated carbocycles. The maximum atomic E-state index is 13.3. The predicted molar refractivity (Wildman–Crippen MR) is 77.7 cm³/mol. The van der Waals surface area contributed by atoms with Crippen molar-refractivity contribution in [2.75, 3.05) is 13.1 Å². The summed E-state index contributed by atoms with van der Waals surface area (Å²) in [7, 11) is -3.77. The van der Waals surface area contributed by atoms with Gasteiger partial charge >= 0.3 is 0 Å². The van der Waals surface area contributed by atoms with E-state index in [9.17, 15) is 12.8 Å². The Kier molecular flexibility index (Phi) is 4.69. The fourth-order valence-electron chi connectivity index (χ4n) is 1.94. The lowest BCUT2D eigenvalue weighted by atomic mass is 10.3. The molecule has 9 heteroatoms. The van der Waals surface area contributed by atoms with Crippen LogP contribution in [0.2, 0.25) is 0 Å². The van der Waals surface area contributed by atoms with Crippen LogP contribution >= 0.6 is 31.9 Å². The van der Waals surface area contributed by atoms with Crippen LogP contribution < -0.4 is 4.72 Å². The monoisotopic (exact) mass is 425 g/mol. The quantitative estimate of drug-likeness (QED) is 0.593. The van der Waals surface area contributed by atoms with E-state index in [0.717, 1.165) is 6.07 Å². The smallest absolute Gasteiger partial charge is 0.242 e. The summed E-state index contributed by atoms with van der Waals surface area (Å²) in [5.41, 5.74) is 0. The van der Waals surface area contributed by atoms with Gasteiger partial charge in [-0.1, -0.05) is 0 Å². The van der Waals surface area contributed by atoms with Crippen molar-refractivity contribution in [3.8, 4) is 6.19 Å². The summed E-state index contributed by atoms with van der Waals surface area (Å²) in [6.07, 6.45) is 2.54. The van der Waals surface area contributed by atoms with Crippen LogP contribution in [0, 0.1) is 17.3 Å². The lowest BCUT2D eigenvalue weighted by Gasteiger charge is -2.14. The maximum Gasteiger partial charge on any atom is 0.242 e.